The molecule has 4 unspecified atom stereocenters. The van der Waals surface area contributed by atoms with E-state index in [1.165, 1.54) is 19.3 Å². The molecule has 3 saturated carbocycles. The summed E-state index contributed by atoms with van der Waals surface area (Å²) in [5.74, 6) is 2.96. The van der Waals surface area contributed by atoms with E-state index < -0.39 is 5.79 Å². The number of fused-ring (bicyclic) bond motifs is 6. The lowest BCUT2D eigenvalue weighted by Gasteiger charge is -2.35. The molecule has 5 rings (SSSR count). The molecule has 1 aromatic carbocycles. The quantitative estimate of drug-likeness (QED) is 0.678. The molecule has 3 heteroatoms. The maximum atomic E-state index is 12.2. The van der Waals surface area contributed by atoms with Crippen molar-refractivity contribution < 1.29 is 14.3 Å². The van der Waals surface area contributed by atoms with Crippen molar-refractivity contribution in [2.45, 2.75) is 37.9 Å². The van der Waals surface area contributed by atoms with Crippen LogP contribution in [-0.4, -0.2) is 11.8 Å². The number of rotatable bonds is 0. The van der Waals surface area contributed by atoms with Crippen molar-refractivity contribution in [3.63, 3.8) is 0 Å². The van der Waals surface area contributed by atoms with E-state index in [0.717, 1.165) is 24.7 Å². The van der Waals surface area contributed by atoms with Crippen molar-refractivity contribution in [2.24, 2.45) is 23.7 Å². The van der Waals surface area contributed by atoms with Crippen LogP contribution >= 0.6 is 0 Å². The summed E-state index contributed by atoms with van der Waals surface area (Å²) in [5, 5.41) is 0. The van der Waals surface area contributed by atoms with Gasteiger partial charge in [0.15, 0.2) is 0 Å². The number of benzene rings is 1. The molecule has 3 nitrogen and oxygen atoms in total. The zero-order chi connectivity index (χ0) is 13.3. The van der Waals surface area contributed by atoms with Gasteiger partial charge in [-0.05, 0) is 55.1 Å². The summed E-state index contributed by atoms with van der Waals surface area (Å²) in [6.45, 7) is 0. The number of para-hydroxylation sites is 1. The predicted octanol–water partition coefficient (Wildman–Crippen LogP) is 3.39. The molecule has 0 amide bonds. The lowest BCUT2D eigenvalue weighted by molar-refractivity contribution is -0.154. The predicted molar refractivity (Wildman–Crippen MR) is 72.3 cm³/mol. The average Bonchev–Trinajstić information content (AvgIpc) is 3.10. The first-order valence-electron chi connectivity index (χ1n) is 7.75. The summed E-state index contributed by atoms with van der Waals surface area (Å²) in [6.07, 6.45) is 5.94. The molecule has 1 heterocycles. The van der Waals surface area contributed by atoms with Gasteiger partial charge in [0.1, 0.15) is 11.3 Å². The summed E-state index contributed by atoms with van der Waals surface area (Å²) < 4.78 is 11.9. The lowest BCUT2D eigenvalue weighted by atomic mass is 9.82. The Labute approximate surface area is 118 Å². The Kier molecular flexibility index (Phi) is 2.00. The third kappa shape index (κ3) is 1.33. The number of hydrogen-bond donors (Lipinski definition) is 0. The van der Waals surface area contributed by atoms with Crippen molar-refractivity contribution in [1.82, 2.24) is 0 Å². The zero-order valence-electron chi connectivity index (χ0n) is 11.4. The molecule has 3 aliphatic carbocycles. The highest BCUT2D eigenvalue weighted by Crippen LogP contribution is 2.62. The van der Waals surface area contributed by atoms with Crippen LogP contribution in [-0.2, 0) is 4.74 Å². The fourth-order valence-corrected chi connectivity index (χ4v) is 5.30. The number of carbonyl (C=O) groups is 1. The smallest absolute Gasteiger partial charge is 0.345 e. The highest BCUT2D eigenvalue weighted by molar-refractivity contribution is 5.93. The van der Waals surface area contributed by atoms with Gasteiger partial charge in [-0.1, -0.05) is 12.1 Å². The van der Waals surface area contributed by atoms with Gasteiger partial charge in [0.2, 0.25) is 0 Å². The molecule has 0 saturated heterocycles. The Hall–Kier alpha value is -1.51. The van der Waals surface area contributed by atoms with Crippen molar-refractivity contribution in [1.29, 1.82) is 0 Å². The van der Waals surface area contributed by atoms with Crippen LogP contribution in [0.15, 0.2) is 24.3 Å². The minimum absolute atomic E-state index is 0.209. The summed E-state index contributed by atoms with van der Waals surface area (Å²) in [5.41, 5.74) is 0.568. The Morgan fingerprint density at radius 1 is 1.00 bits per heavy atom. The average molecular weight is 270 g/mol. The Bertz CT molecular complexity index is 576. The first-order chi connectivity index (χ1) is 9.74. The molecule has 2 bridgehead atoms. The largest absolute Gasteiger partial charge is 0.451 e. The third-order valence-electron chi connectivity index (χ3n) is 6.05. The van der Waals surface area contributed by atoms with Crippen LogP contribution in [0.3, 0.4) is 0 Å². The van der Waals surface area contributed by atoms with Gasteiger partial charge in [-0.15, -0.1) is 0 Å². The van der Waals surface area contributed by atoms with E-state index in [4.69, 9.17) is 9.47 Å². The second-order valence-electron chi connectivity index (χ2n) is 6.97. The summed E-state index contributed by atoms with van der Waals surface area (Å²) in [6, 6.07) is 7.44. The number of carbonyl (C=O) groups excluding carboxylic acids is 1. The molecule has 104 valence electrons. The Morgan fingerprint density at radius 3 is 2.45 bits per heavy atom. The van der Waals surface area contributed by atoms with Crippen LogP contribution in [0, 0.1) is 23.7 Å². The molecule has 0 radical (unpaired) electrons. The maximum Gasteiger partial charge on any atom is 0.345 e. The van der Waals surface area contributed by atoms with Crippen molar-refractivity contribution in [2.75, 3.05) is 0 Å². The van der Waals surface area contributed by atoms with Crippen molar-refractivity contribution in [3.8, 4) is 5.75 Å². The molecule has 1 spiro atoms. The van der Waals surface area contributed by atoms with E-state index in [1.54, 1.807) is 6.07 Å². The highest BCUT2D eigenvalue weighted by Gasteiger charge is 2.60. The van der Waals surface area contributed by atoms with Gasteiger partial charge in [0.25, 0.3) is 5.79 Å². The molecule has 1 aliphatic heterocycles. The van der Waals surface area contributed by atoms with Gasteiger partial charge in [-0.25, -0.2) is 4.79 Å². The summed E-state index contributed by atoms with van der Waals surface area (Å²) in [7, 11) is 0. The number of hydrogen-bond acceptors (Lipinski definition) is 3. The normalized spacial score (nSPS) is 44.1. The number of ether oxygens (including phenoxy) is 2. The molecule has 20 heavy (non-hydrogen) atoms. The lowest BCUT2D eigenvalue weighted by Crippen LogP contribution is -2.43. The SMILES string of the molecule is O=C1OC2(CC3C4CCC(C4)C3C2)Oc2ccccc21. The van der Waals surface area contributed by atoms with Crippen LogP contribution in [0.1, 0.15) is 42.5 Å². The Balaban J connectivity index is 1.50. The van der Waals surface area contributed by atoms with Crippen LogP contribution in [0.5, 0.6) is 5.75 Å². The minimum Gasteiger partial charge on any atom is -0.451 e. The van der Waals surface area contributed by atoms with Gasteiger partial charge in [-0.3, -0.25) is 0 Å². The molecule has 1 aromatic rings. The molecule has 4 aliphatic rings. The van der Waals surface area contributed by atoms with Crippen LogP contribution in [0.4, 0.5) is 0 Å². The fourth-order valence-electron chi connectivity index (χ4n) is 5.30. The zero-order valence-corrected chi connectivity index (χ0v) is 11.4. The topological polar surface area (TPSA) is 35.5 Å². The fraction of sp³-hybridized carbons (Fsp3) is 0.588. The third-order valence-corrected chi connectivity index (χ3v) is 6.05. The van der Waals surface area contributed by atoms with Gasteiger partial charge in [0, 0.05) is 12.8 Å². The number of esters is 1. The first kappa shape index (κ1) is 11.2. The molecule has 4 atom stereocenters. The van der Waals surface area contributed by atoms with E-state index in [9.17, 15) is 4.79 Å². The van der Waals surface area contributed by atoms with E-state index in [1.807, 2.05) is 18.2 Å². The molecule has 3 fully saturated rings. The second kappa shape index (κ2) is 3.57. The van der Waals surface area contributed by atoms with Gasteiger partial charge in [0.05, 0.1) is 0 Å². The Morgan fingerprint density at radius 2 is 1.70 bits per heavy atom. The standard InChI is InChI=1S/C17H18O3/c18-16-12-3-1-2-4-15(12)19-17(20-16)8-13-10-5-6-11(7-10)14(13)9-17/h1-4,10-11,13-14H,5-9H2. The minimum atomic E-state index is -0.665. The van der Waals surface area contributed by atoms with E-state index in [-0.39, 0.29) is 5.97 Å². The van der Waals surface area contributed by atoms with Gasteiger partial charge >= 0.3 is 5.97 Å². The summed E-state index contributed by atoms with van der Waals surface area (Å²) >= 11 is 0. The summed E-state index contributed by atoms with van der Waals surface area (Å²) in [4.78, 5) is 12.2. The molecular formula is C17H18O3. The van der Waals surface area contributed by atoms with E-state index >= 15 is 0 Å². The maximum absolute atomic E-state index is 12.2. The molecule has 0 aromatic heterocycles. The first-order valence-corrected chi connectivity index (χ1v) is 7.75. The van der Waals surface area contributed by atoms with Crippen LogP contribution in [0.25, 0.3) is 0 Å². The van der Waals surface area contributed by atoms with Crippen molar-refractivity contribution >= 4 is 5.97 Å². The van der Waals surface area contributed by atoms with Crippen molar-refractivity contribution in [3.05, 3.63) is 29.8 Å². The van der Waals surface area contributed by atoms with Gasteiger partial charge in [-0.2, -0.15) is 0 Å². The monoisotopic (exact) mass is 270 g/mol. The van der Waals surface area contributed by atoms with Crippen LogP contribution < -0.4 is 4.74 Å². The molecule has 0 N–H and O–H groups in total. The van der Waals surface area contributed by atoms with E-state index in [2.05, 4.69) is 0 Å². The second-order valence-corrected chi connectivity index (χ2v) is 6.97. The van der Waals surface area contributed by atoms with Crippen LogP contribution in [0.2, 0.25) is 0 Å². The highest BCUT2D eigenvalue weighted by atomic mass is 16.7. The van der Waals surface area contributed by atoms with Gasteiger partial charge < -0.3 is 9.47 Å². The molecular weight excluding hydrogens is 252 g/mol. The van der Waals surface area contributed by atoms with E-state index in [0.29, 0.717) is 23.1 Å².